The Bertz CT molecular complexity index is 228. The molecule has 0 aliphatic heterocycles. The second-order valence-corrected chi connectivity index (χ2v) is 2.94. The highest BCUT2D eigenvalue weighted by molar-refractivity contribution is 7.11. The summed E-state index contributed by atoms with van der Waals surface area (Å²) >= 11 is 1.31. The SMILES string of the molecule is CC(O)C(=O)Oc1cccs1. The Balaban J connectivity index is 2.50. The zero-order valence-corrected chi connectivity index (χ0v) is 6.80. The third kappa shape index (κ3) is 2.32. The van der Waals surface area contributed by atoms with Gasteiger partial charge in [0, 0.05) is 0 Å². The molecule has 0 aliphatic rings. The van der Waals surface area contributed by atoms with E-state index >= 15 is 0 Å². The van der Waals surface area contributed by atoms with Crippen LogP contribution < -0.4 is 4.74 Å². The van der Waals surface area contributed by atoms with Crippen molar-refractivity contribution in [2.24, 2.45) is 0 Å². The van der Waals surface area contributed by atoms with Gasteiger partial charge in [-0.25, -0.2) is 4.79 Å². The van der Waals surface area contributed by atoms with Gasteiger partial charge in [0.05, 0.1) is 0 Å². The minimum atomic E-state index is -1.06. The highest BCUT2D eigenvalue weighted by Gasteiger charge is 2.11. The van der Waals surface area contributed by atoms with E-state index in [1.54, 1.807) is 17.5 Å². The van der Waals surface area contributed by atoms with Crippen LogP contribution in [0, 0.1) is 0 Å². The standard InChI is InChI=1S/C7H8O3S/c1-5(8)7(9)10-6-3-2-4-11-6/h2-5,8H,1H3. The molecule has 0 radical (unpaired) electrons. The van der Waals surface area contributed by atoms with Gasteiger partial charge in [-0.15, -0.1) is 11.3 Å². The van der Waals surface area contributed by atoms with E-state index in [0.717, 1.165) is 0 Å². The van der Waals surface area contributed by atoms with Crippen molar-refractivity contribution in [3.05, 3.63) is 17.5 Å². The number of aliphatic hydroxyl groups is 1. The van der Waals surface area contributed by atoms with Crippen molar-refractivity contribution in [3.63, 3.8) is 0 Å². The smallest absolute Gasteiger partial charge is 0.340 e. The number of carbonyl (C=O) groups excluding carboxylic acids is 1. The second-order valence-electron chi connectivity index (χ2n) is 2.03. The van der Waals surface area contributed by atoms with Gasteiger partial charge in [0.25, 0.3) is 0 Å². The number of carbonyl (C=O) groups is 1. The van der Waals surface area contributed by atoms with Gasteiger partial charge in [-0.1, -0.05) is 0 Å². The first-order valence-electron chi connectivity index (χ1n) is 3.13. The number of thiophene rings is 1. The lowest BCUT2D eigenvalue weighted by molar-refractivity contribution is -0.142. The molecule has 11 heavy (non-hydrogen) atoms. The molecule has 1 atom stereocenters. The van der Waals surface area contributed by atoms with Crippen molar-refractivity contribution in [2.45, 2.75) is 13.0 Å². The van der Waals surface area contributed by atoms with Crippen molar-refractivity contribution in [3.8, 4) is 5.06 Å². The van der Waals surface area contributed by atoms with Crippen LogP contribution in [0.2, 0.25) is 0 Å². The Morgan fingerprint density at radius 1 is 1.82 bits per heavy atom. The minimum Gasteiger partial charge on any atom is -0.414 e. The average Bonchev–Trinajstić information content (AvgIpc) is 2.39. The van der Waals surface area contributed by atoms with Crippen LogP contribution in [-0.2, 0) is 4.79 Å². The van der Waals surface area contributed by atoms with E-state index < -0.39 is 12.1 Å². The third-order valence-electron chi connectivity index (χ3n) is 1.04. The number of hydrogen-bond donors (Lipinski definition) is 1. The molecule has 0 saturated carbocycles. The van der Waals surface area contributed by atoms with Crippen LogP contribution in [0.25, 0.3) is 0 Å². The predicted molar refractivity (Wildman–Crippen MR) is 41.6 cm³/mol. The van der Waals surface area contributed by atoms with Crippen LogP contribution >= 0.6 is 11.3 Å². The Hall–Kier alpha value is -0.870. The van der Waals surface area contributed by atoms with Crippen LogP contribution in [-0.4, -0.2) is 17.2 Å². The van der Waals surface area contributed by atoms with Crippen molar-refractivity contribution in [1.29, 1.82) is 0 Å². The number of esters is 1. The highest BCUT2D eigenvalue weighted by atomic mass is 32.1. The lowest BCUT2D eigenvalue weighted by atomic mass is 10.4. The average molecular weight is 172 g/mol. The number of aliphatic hydroxyl groups excluding tert-OH is 1. The zero-order chi connectivity index (χ0) is 8.27. The zero-order valence-electron chi connectivity index (χ0n) is 5.98. The summed E-state index contributed by atoms with van der Waals surface area (Å²) in [7, 11) is 0. The van der Waals surface area contributed by atoms with Gasteiger partial charge < -0.3 is 9.84 Å². The van der Waals surface area contributed by atoms with Crippen molar-refractivity contribution in [1.82, 2.24) is 0 Å². The molecule has 1 aromatic heterocycles. The minimum absolute atomic E-state index is 0.510. The van der Waals surface area contributed by atoms with E-state index in [4.69, 9.17) is 9.84 Å². The molecule has 60 valence electrons. The van der Waals surface area contributed by atoms with Crippen molar-refractivity contribution >= 4 is 17.3 Å². The first-order valence-corrected chi connectivity index (χ1v) is 4.01. The fraction of sp³-hybridized carbons (Fsp3) is 0.286. The van der Waals surface area contributed by atoms with E-state index in [1.807, 2.05) is 0 Å². The maximum atomic E-state index is 10.7. The summed E-state index contributed by atoms with van der Waals surface area (Å²) in [6.45, 7) is 1.37. The first kappa shape index (κ1) is 8.23. The topological polar surface area (TPSA) is 46.5 Å². The summed E-state index contributed by atoms with van der Waals surface area (Å²) < 4.78 is 4.75. The highest BCUT2D eigenvalue weighted by Crippen LogP contribution is 2.18. The maximum Gasteiger partial charge on any atom is 0.340 e. The molecule has 3 nitrogen and oxygen atoms in total. The molecule has 0 fully saturated rings. The first-order chi connectivity index (χ1) is 5.20. The molecule has 0 amide bonds. The fourth-order valence-electron chi connectivity index (χ4n) is 0.506. The molecule has 4 heteroatoms. The van der Waals surface area contributed by atoms with Crippen LogP contribution in [0.5, 0.6) is 5.06 Å². The van der Waals surface area contributed by atoms with Gasteiger partial charge in [0.15, 0.2) is 5.06 Å². The Labute approximate surface area is 68.2 Å². The Morgan fingerprint density at radius 2 is 2.55 bits per heavy atom. The Morgan fingerprint density at radius 3 is 3.00 bits per heavy atom. The predicted octanol–water partition coefficient (Wildman–Crippen LogP) is 1.03. The van der Waals surface area contributed by atoms with Crippen LogP contribution in [0.4, 0.5) is 0 Å². The molecular formula is C7H8O3S. The quantitative estimate of drug-likeness (QED) is 0.678. The van der Waals surface area contributed by atoms with Crippen LogP contribution in [0.3, 0.4) is 0 Å². The van der Waals surface area contributed by atoms with Gasteiger partial charge >= 0.3 is 5.97 Å². The molecule has 0 bridgehead atoms. The van der Waals surface area contributed by atoms with Crippen molar-refractivity contribution in [2.75, 3.05) is 0 Å². The third-order valence-corrected chi connectivity index (χ3v) is 1.78. The molecule has 0 aromatic carbocycles. The molecule has 1 unspecified atom stereocenters. The van der Waals surface area contributed by atoms with Gasteiger partial charge in [-0.2, -0.15) is 0 Å². The van der Waals surface area contributed by atoms with Gasteiger partial charge in [0.1, 0.15) is 6.10 Å². The molecule has 1 N–H and O–H groups in total. The summed E-state index contributed by atoms with van der Waals surface area (Å²) in [4.78, 5) is 10.7. The van der Waals surface area contributed by atoms with E-state index in [0.29, 0.717) is 5.06 Å². The number of ether oxygens (including phenoxy) is 1. The van der Waals surface area contributed by atoms with Gasteiger partial charge in [0.2, 0.25) is 0 Å². The van der Waals surface area contributed by atoms with Crippen LogP contribution in [0.1, 0.15) is 6.92 Å². The molecule has 1 heterocycles. The lowest BCUT2D eigenvalue weighted by Crippen LogP contribution is -2.21. The molecule has 1 rings (SSSR count). The summed E-state index contributed by atoms with van der Waals surface area (Å²) in [5.41, 5.74) is 0. The lowest BCUT2D eigenvalue weighted by Gasteiger charge is -2.01. The van der Waals surface area contributed by atoms with E-state index in [2.05, 4.69) is 0 Å². The molecule has 0 saturated heterocycles. The van der Waals surface area contributed by atoms with Gasteiger partial charge in [-0.3, -0.25) is 0 Å². The monoisotopic (exact) mass is 172 g/mol. The second kappa shape index (κ2) is 3.50. The van der Waals surface area contributed by atoms with Gasteiger partial charge in [-0.05, 0) is 24.4 Å². The number of rotatable bonds is 2. The fourth-order valence-corrected chi connectivity index (χ4v) is 1.08. The summed E-state index contributed by atoms with van der Waals surface area (Å²) in [6, 6.07) is 3.44. The van der Waals surface area contributed by atoms with Crippen molar-refractivity contribution < 1.29 is 14.6 Å². The normalized spacial score (nSPS) is 12.5. The largest absolute Gasteiger partial charge is 0.414 e. The Kier molecular flexibility index (Phi) is 2.62. The van der Waals surface area contributed by atoms with Crippen LogP contribution in [0.15, 0.2) is 17.5 Å². The molecule has 1 aromatic rings. The summed E-state index contributed by atoms with van der Waals surface area (Å²) in [5, 5.41) is 11.1. The molecule has 0 aliphatic carbocycles. The summed E-state index contributed by atoms with van der Waals surface area (Å²) in [6.07, 6.45) is -1.06. The van der Waals surface area contributed by atoms with E-state index in [1.165, 1.54) is 18.3 Å². The number of hydrogen-bond acceptors (Lipinski definition) is 4. The van der Waals surface area contributed by atoms with E-state index in [-0.39, 0.29) is 0 Å². The molecular weight excluding hydrogens is 164 g/mol. The summed E-state index contributed by atoms with van der Waals surface area (Å²) in [5.74, 6) is -0.618. The maximum absolute atomic E-state index is 10.7. The molecule has 0 spiro atoms. The van der Waals surface area contributed by atoms with E-state index in [9.17, 15) is 4.79 Å².